The van der Waals surface area contributed by atoms with Crippen LogP contribution < -0.4 is 4.90 Å². The molecule has 0 radical (unpaired) electrons. The summed E-state index contributed by atoms with van der Waals surface area (Å²) in [5.41, 5.74) is 7.12. The van der Waals surface area contributed by atoms with E-state index in [1.807, 2.05) is 14.1 Å². The summed E-state index contributed by atoms with van der Waals surface area (Å²) < 4.78 is 4.80. The average Bonchev–Trinajstić information content (AvgIpc) is 2.61. The van der Waals surface area contributed by atoms with Gasteiger partial charge in [-0.05, 0) is 65.3 Å². The van der Waals surface area contributed by atoms with Crippen LogP contribution in [-0.4, -0.2) is 27.2 Å². The van der Waals surface area contributed by atoms with Crippen molar-refractivity contribution in [2.75, 3.05) is 26.1 Å². The molecule has 0 saturated carbocycles. The van der Waals surface area contributed by atoms with Gasteiger partial charge in [0.05, 0.1) is 7.11 Å². The van der Waals surface area contributed by atoms with Crippen LogP contribution >= 0.6 is 0 Å². The van der Waals surface area contributed by atoms with E-state index in [1.165, 1.54) is 35.1 Å². The van der Waals surface area contributed by atoms with E-state index in [4.69, 9.17) is 4.74 Å². The molecule has 0 spiro atoms. The molecule has 3 rings (SSSR count). The van der Waals surface area contributed by atoms with Gasteiger partial charge in [-0.15, -0.1) is 0 Å². The molecule has 3 heteroatoms. The number of anilines is 1. The third-order valence-electron chi connectivity index (χ3n) is 4.56. The molecule has 24 heavy (non-hydrogen) atoms. The quantitative estimate of drug-likeness (QED) is 0.623. The lowest BCUT2D eigenvalue weighted by molar-refractivity contribution is -0.134. The molecule has 0 saturated heterocycles. The summed E-state index contributed by atoms with van der Waals surface area (Å²) in [6.45, 7) is 0. The minimum Gasteiger partial charge on any atom is -0.466 e. The molecule has 0 atom stereocenters. The summed E-state index contributed by atoms with van der Waals surface area (Å²) in [4.78, 5) is 13.7. The highest BCUT2D eigenvalue weighted by atomic mass is 16.5. The van der Waals surface area contributed by atoms with Crippen LogP contribution in [0, 0.1) is 0 Å². The molecule has 0 amide bonds. The molecule has 0 unspecified atom stereocenters. The third-order valence-corrected chi connectivity index (χ3v) is 4.56. The number of hydrogen-bond acceptors (Lipinski definition) is 3. The molecule has 3 nitrogen and oxygen atoms in total. The van der Waals surface area contributed by atoms with Crippen molar-refractivity contribution in [2.24, 2.45) is 0 Å². The Kier molecular flexibility index (Phi) is 4.70. The second kappa shape index (κ2) is 6.91. The first-order chi connectivity index (χ1) is 11.6. The summed E-state index contributed by atoms with van der Waals surface area (Å²) in [6.07, 6.45) is 4.70. The minimum atomic E-state index is -0.279. The number of aryl methyl sites for hydroxylation is 1. The molecule has 0 fully saturated rings. The summed E-state index contributed by atoms with van der Waals surface area (Å²) in [5.74, 6) is -0.279. The minimum absolute atomic E-state index is 0.279. The van der Waals surface area contributed by atoms with E-state index < -0.39 is 0 Å². The summed E-state index contributed by atoms with van der Waals surface area (Å²) >= 11 is 0. The summed E-state index contributed by atoms with van der Waals surface area (Å²) in [7, 11) is 5.50. The molecule has 2 aromatic rings. The van der Waals surface area contributed by atoms with E-state index in [1.54, 1.807) is 6.08 Å². The lowest BCUT2D eigenvalue weighted by atomic mass is 9.85. The molecule has 1 aliphatic rings. The monoisotopic (exact) mass is 321 g/mol. The molecule has 0 aliphatic heterocycles. The number of allylic oxidation sites excluding steroid dienone is 1. The SMILES string of the molecule is COC(=O)/C=C1\CCCc2ccc(-c3ccc(N(C)C)cc3)cc21. The molecule has 0 heterocycles. The van der Waals surface area contributed by atoms with Gasteiger partial charge in [0.2, 0.25) is 0 Å². The van der Waals surface area contributed by atoms with Crippen molar-refractivity contribution in [3.8, 4) is 11.1 Å². The number of nitrogens with zero attached hydrogens (tertiary/aromatic N) is 1. The van der Waals surface area contributed by atoms with Gasteiger partial charge in [0.15, 0.2) is 0 Å². The maximum Gasteiger partial charge on any atom is 0.330 e. The maximum absolute atomic E-state index is 11.6. The number of fused-ring (bicyclic) bond motifs is 1. The average molecular weight is 321 g/mol. The first-order valence-electron chi connectivity index (χ1n) is 8.28. The highest BCUT2D eigenvalue weighted by molar-refractivity contribution is 5.92. The van der Waals surface area contributed by atoms with Crippen molar-refractivity contribution < 1.29 is 9.53 Å². The van der Waals surface area contributed by atoms with Gasteiger partial charge in [-0.2, -0.15) is 0 Å². The van der Waals surface area contributed by atoms with Crippen molar-refractivity contribution in [3.05, 3.63) is 59.7 Å². The molecule has 1 aliphatic carbocycles. The first-order valence-corrected chi connectivity index (χ1v) is 8.28. The first kappa shape index (κ1) is 16.3. The van der Waals surface area contributed by atoms with Crippen LogP contribution in [0.4, 0.5) is 5.69 Å². The Hall–Kier alpha value is -2.55. The standard InChI is InChI=1S/C21H23NO2/c1-22(2)19-11-9-15(10-12-19)17-8-7-16-5-4-6-18(20(16)13-17)14-21(23)24-3/h7-14H,4-6H2,1-3H3/b18-14+. The van der Waals surface area contributed by atoms with E-state index in [0.29, 0.717) is 0 Å². The van der Waals surface area contributed by atoms with Gasteiger partial charge in [0.25, 0.3) is 0 Å². The second-order valence-corrected chi connectivity index (χ2v) is 6.36. The smallest absolute Gasteiger partial charge is 0.330 e. The summed E-state index contributed by atoms with van der Waals surface area (Å²) in [5, 5.41) is 0. The van der Waals surface area contributed by atoms with Crippen molar-refractivity contribution in [1.29, 1.82) is 0 Å². The number of carbonyl (C=O) groups excluding carboxylic acids is 1. The van der Waals surface area contributed by atoms with E-state index in [2.05, 4.69) is 47.4 Å². The van der Waals surface area contributed by atoms with Gasteiger partial charge in [0.1, 0.15) is 0 Å². The molecular formula is C21H23NO2. The van der Waals surface area contributed by atoms with E-state index in [-0.39, 0.29) is 5.97 Å². The molecule has 2 aromatic carbocycles. The van der Waals surface area contributed by atoms with E-state index in [0.717, 1.165) is 24.8 Å². The van der Waals surface area contributed by atoms with Gasteiger partial charge in [-0.3, -0.25) is 0 Å². The topological polar surface area (TPSA) is 29.5 Å². The zero-order valence-electron chi connectivity index (χ0n) is 14.5. The number of benzene rings is 2. The van der Waals surface area contributed by atoms with Crippen molar-refractivity contribution >= 4 is 17.2 Å². The number of carbonyl (C=O) groups is 1. The van der Waals surface area contributed by atoms with Gasteiger partial charge in [0, 0.05) is 25.9 Å². The van der Waals surface area contributed by atoms with Crippen LogP contribution in [0.25, 0.3) is 16.7 Å². The number of methoxy groups -OCH3 is 1. The largest absolute Gasteiger partial charge is 0.466 e. The highest BCUT2D eigenvalue weighted by Gasteiger charge is 2.16. The van der Waals surface area contributed by atoms with Gasteiger partial charge in [-0.25, -0.2) is 4.79 Å². The van der Waals surface area contributed by atoms with Crippen LogP contribution in [0.2, 0.25) is 0 Å². The third kappa shape index (κ3) is 3.35. The lowest BCUT2D eigenvalue weighted by Gasteiger charge is -2.20. The normalized spacial score (nSPS) is 15.0. The fraction of sp³-hybridized carbons (Fsp3) is 0.286. The lowest BCUT2D eigenvalue weighted by Crippen LogP contribution is -2.08. The molecular weight excluding hydrogens is 298 g/mol. The number of hydrogen-bond donors (Lipinski definition) is 0. The summed E-state index contributed by atoms with van der Waals surface area (Å²) in [6, 6.07) is 15.1. The highest BCUT2D eigenvalue weighted by Crippen LogP contribution is 2.34. The predicted molar refractivity (Wildman–Crippen MR) is 99.1 cm³/mol. The number of rotatable bonds is 3. The molecule has 0 bridgehead atoms. The fourth-order valence-electron chi connectivity index (χ4n) is 3.18. The Bertz CT molecular complexity index is 773. The molecule has 0 N–H and O–H groups in total. The van der Waals surface area contributed by atoms with Crippen molar-refractivity contribution in [3.63, 3.8) is 0 Å². The van der Waals surface area contributed by atoms with Gasteiger partial charge < -0.3 is 9.64 Å². The number of ether oxygens (including phenoxy) is 1. The van der Waals surface area contributed by atoms with Crippen molar-refractivity contribution in [1.82, 2.24) is 0 Å². The van der Waals surface area contributed by atoms with Crippen LogP contribution in [0.5, 0.6) is 0 Å². The van der Waals surface area contributed by atoms with Crippen LogP contribution in [0.1, 0.15) is 24.0 Å². The maximum atomic E-state index is 11.6. The van der Waals surface area contributed by atoms with Gasteiger partial charge in [-0.1, -0.05) is 24.3 Å². The van der Waals surface area contributed by atoms with Crippen LogP contribution in [0.15, 0.2) is 48.5 Å². The fourth-order valence-corrected chi connectivity index (χ4v) is 3.18. The zero-order valence-corrected chi connectivity index (χ0v) is 14.5. The van der Waals surface area contributed by atoms with Gasteiger partial charge >= 0.3 is 5.97 Å². The van der Waals surface area contributed by atoms with Crippen molar-refractivity contribution in [2.45, 2.75) is 19.3 Å². The second-order valence-electron chi connectivity index (χ2n) is 6.36. The molecule has 0 aromatic heterocycles. The Morgan fingerprint density at radius 3 is 2.42 bits per heavy atom. The van der Waals surface area contributed by atoms with E-state index in [9.17, 15) is 4.79 Å². The predicted octanol–water partition coefficient (Wildman–Crippen LogP) is 4.31. The Labute approximate surface area is 143 Å². The van der Waals surface area contributed by atoms with E-state index >= 15 is 0 Å². The van der Waals surface area contributed by atoms with Crippen LogP contribution in [-0.2, 0) is 16.0 Å². The Morgan fingerprint density at radius 1 is 1.04 bits per heavy atom. The molecule has 124 valence electrons. The Morgan fingerprint density at radius 2 is 1.75 bits per heavy atom. The van der Waals surface area contributed by atoms with Crippen LogP contribution in [0.3, 0.4) is 0 Å². The Balaban J connectivity index is 1.99. The zero-order chi connectivity index (χ0) is 17.1. The number of esters is 1.